The molecule has 1 atom stereocenters. The SMILES string of the molecule is OCC1CCN(Cc2cccc(O)c2)C1. The van der Waals surface area contributed by atoms with Crippen LogP contribution in [0.5, 0.6) is 5.75 Å². The highest BCUT2D eigenvalue weighted by molar-refractivity contribution is 5.27. The molecule has 0 amide bonds. The van der Waals surface area contributed by atoms with Gasteiger partial charge in [0.25, 0.3) is 0 Å². The molecule has 15 heavy (non-hydrogen) atoms. The van der Waals surface area contributed by atoms with Crippen LogP contribution in [0, 0.1) is 5.92 Å². The van der Waals surface area contributed by atoms with Crippen molar-refractivity contribution in [2.45, 2.75) is 13.0 Å². The van der Waals surface area contributed by atoms with Crippen LogP contribution in [0.15, 0.2) is 24.3 Å². The van der Waals surface area contributed by atoms with E-state index in [1.807, 2.05) is 12.1 Å². The maximum Gasteiger partial charge on any atom is 0.115 e. The fourth-order valence-corrected chi connectivity index (χ4v) is 2.12. The van der Waals surface area contributed by atoms with E-state index < -0.39 is 0 Å². The molecular formula is C12H17NO2. The minimum absolute atomic E-state index is 0.288. The summed E-state index contributed by atoms with van der Waals surface area (Å²) in [5.41, 5.74) is 1.13. The van der Waals surface area contributed by atoms with Crippen molar-refractivity contribution in [2.24, 2.45) is 5.92 Å². The van der Waals surface area contributed by atoms with Crippen LogP contribution in [0.3, 0.4) is 0 Å². The molecule has 2 rings (SSSR count). The molecule has 1 saturated heterocycles. The van der Waals surface area contributed by atoms with Crippen LogP contribution in [0.1, 0.15) is 12.0 Å². The highest BCUT2D eigenvalue weighted by Crippen LogP contribution is 2.19. The Kier molecular flexibility index (Phi) is 3.23. The highest BCUT2D eigenvalue weighted by atomic mass is 16.3. The molecule has 0 bridgehead atoms. The Labute approximate surface area is 90.0 Å². The number of phenols is 1. The van der Waals surface area contributed by atoms with Crippen LogP contribution in [0.25, 0.3) is 0 Å². The minimum Gasteiger partial charge on any atom is -0.508 e. The molecule has 1 aromatic rings. The van der Waals surface area contributed by atoms with Crippen molar-refractivity contribution in [3.63, 3.8) is 0 Å². The lowest BCUT2D eigenvalue weighted by atomic mass is 10.1. The van der Waals surface area contributed by atoms with Crippen molar-refractivity contribution < 1.29 is 10.2 Å². The Balaban J connectivity index is 1.92. The van der Waals surface area contributed by atoms with E-state index in [1.165, 1.54) is 0 Å². The van der Waals surface area contributed by atoms with Gasteiger partial charge in [0.05, 0.1) is 0 Å². The van der Waals surface area contributed by atoms with Gasteiger partial charge >= 0.3 is 0 Å². The van der Waals surface area contributed by atoms with Crippen LogP contribution < -0.4 is 0 Å². The zero-order valence-electron chi connectivity index (χ0n) is 8.76. The van der Waals surface area contributed by atoms with Crippen molar-refractivity contribution in [2.75, 3.05) is 19.7 Å². The molecular weight excluding hydrogens is 190 g/mol. The molecule has 0 aliphatic carbocycles. The Hall–Kier alpha value is -1.06. The van der Waals surface area contributed by atoms with E-state index in [-0.39, 0.29) is 6.61 Å². The van der Waals surface area contributed by atoms with Crippen molar-refractivity contribution in [3.05, 3.63) is 29.8 Å². The van der Waals surface area contributed by atoms with Gasteiger partial charge in [0.2, 0.25) is 0 Å². The summed E-state index contributed by atoms with van der Waals surface area (Å²) < 4.78 is 0. The summed E-state index contributed by atoms with van der Waals surface area (Å²) >= 11 is 0. The van der Waals surface area contributed by atoms with Crippen molar-refractivity contribution in [1.82, 2.24) is 4.90 Å². The second kappa shape index (κ2) is 4.64. The van der Waals surface area contributed by atoms with Gasteiger partial charge in [-0.2, -0.15) is 0 Å². The summed E-state index contributed by atoms with van der Waals surface area (Å²) in [5, 5.41) is 18.4. The second-order valence-electron chi connectivity index (χ2n) is 4.24. The topological polar surface area (TPSA) is 43.7 Å². The number of hydrogen-bond donors (Lipinski definition) is 2. The Morgan fingerprint density at radius 3 is 2.93 bits per heavy atom. The van der Waals surface area contributed by atoms with Gasteiger partial charge in [-0.05, 0) is 36.6 Å². The molecule has 0 saturated carbocycles. The largest absolute Gasteiger partial charge is 0.508 e. The van der Waals surface area contributed by atoms with E-state index in [0.717, 1.165) is 31.6 Å². The molecule has 1 unspecified atom stereocenters. The van der Waals surface area contributed by atoms with Gasteiger partial charge in [-0.15, -0.1) is 0 Å². The standard InChI is InChI=1S/C12H17NO2/c14-9-11-4-5-13(8-11)7-10-2-1-3-12(15)6-10/h1-3,6,11,14-15H,4-5,7-9H2. The number of nitrogens with zero attached hydrogens (tertiary/aromatic N) is 1. The molecule has 1 fully saturated rings. The van der Waals surface area contributed by atoms with Crippen molar-refractivity contribution in [1.29, 1.82) is 0 Å². The van der Waals surface area contributed by atoms with Gasteiger partial charge in [-0.3, -0.25) is 4.90 Å². The average molecular weight is 207 g/mol. The number of aromatic hydroxyl groups is 1. The van der Waals surface area contributed by atoms with E-state index in [1.54, 1.807) is 12.1 Å². The third-order valence-corrected chi connectivity index (χ3v) is 2.94. The summed E-state index contributed by atoms with van der Waals surface area (Å²) in [6, 6.07) is 7.37. The van der Waals surface area contributed by atoms with Crippen LogP contribution in [0.4, 0.5) is 0 Å². The molecule has 0 aromatic heterocycles. The first-order chi connectivity index (χ1) is 7.28. The lowest BCUT2D eigenvalue weighted by Crippen LogP contribution is -2.20. The van der Waals surface area contributed by atoms with Gasteiger partial charge in [0, 0.05) is 19.7 Å². The molecule has 1 aliphatic heterocycles. The predicted octanol–water partition coefficient (Wildman–Crippen LogP) is 1.21. The molecule has 2 N–H and O–H groups in total. The number of likely N-dealkylation sites (tertiary alicyclic amines) is 1. The third kappa shape index (κ3) is 2.70. The van der Waals surface area contributed by atoms with E-state index >= 15 is 0 Å². The second-order valence-corrected chi connectivity index (χ2v) is 4.24. The summed E-state index contributed by atoms with van der Waals surface area (Å²) in [6.45, 7) is 3.16. The fourth-order valence-electron chi connectivity index (χ4n) is 2.12. The van der Waals surface area contributed by atoms with E-state index in [2.05, 4.69) is 4.90 Å². The van der Waals surface area contributed by atoms with Crippen LogP contribution in [0.2, 0.25) is 0 Å². The van der Waals surface area contributed by atoms with Gasteiger partial charge in [0.15, 0.2) is 0 Å². The predicted molar refractivity (Wildman–Crippen MR) is 58.6 cm³/mol. The number of aliphatic hydroxyl groups excluding tert-OH is 1. The van der Waals surface area contributed by atoms with E-state index in [0.29, 0.717) is 11.7 Å². The molecule has 1 aliphatic rings. The molecule has 0 spiro atoms. The lowest BCUT2D eigenvalue weighted by molar-refractivity contribution is 0.220. The smallest absolute Gasteiger partial charge is 0.115 e. The first-order valence-corrected chi connectivity index (χ1v) is 5.39. The van der Waals surface area contributed by atoms with Gasteiger partial charge in [-0.1, -0.05) is 12.1 Å². The van der Waals surface area contributed by atoms with Crippen LogP contribution >= 0.6 is 0 Å². The Morgan fingerprint density at radius 2 is 2.27 bits per heavy atom. The molecule has 3 heteroatoms. The number of hydrogen-bond acceptors (Lipinski definition) is 3. The Bertz CT molecular complexity index is 327. The fraction of sp³-hybridized carbons (Fsp3) is 0.500. The molecule has 3 nitrogen and oxygen atoms in total. The maximum atomic E-state index is 9.33. The Morgan fingerprint density at radius 1 is 1.40 bits per heavy atom. The monoisotopic (exact) mass is 207 g/mol. The third-order valence-electron chi connectivity index (χ3n) is 2.94. The molecule has 0 radical (unpaired) electrons. The number of rotatable bonds is 3. The summed E-state index contributed by atoms with van der Waals surface area (Å²) in [4.78, 5) is 2.32. The molecule has 82 valence electrons. The van der Waals surface area contributed by atoms with Gasteiger partial charge in [-0.25, -0.2) is 0 Å². The molecule has 1 heterocycles. The van der Waals surface area contributed by atoms with Crippen LogP contribution in [-0.2, 0) is 6.54 Å². The van der Waals surface area contributed by atoms with Gasteiger partial charge in [0.1, 0.15) is 5.75 Å². The van der Waals surface area contributed by atoms with Gasteiger partial charge < -0.3 is 10.2 Å². The zero-order valence-corrected chi connectivity index (χ0v) is 8.76. The number of benzene rings is 1. The lowest BCUT2D eigenvalue weighted by Gasteiger charge is -2.15. The first-order valence-electron chi connectivity index (χ1n) is 5.39. The van der Waals surface area contributed by atoms with E-state index in [4.69, 9.17) is 5.11 Å². The quantitative estimate of drug-likeness (QED) is 0.783. The normalized spacial score (nSPS) is 22.1. The summed E-state index contributed by atoms with van der Waals surface area (Å²) in [6.07, 6.45) is 1.08. The number of phenolic OH excluding ortho intramolecular Hbond substituents is 1. The average Bonchev–Trinajstić information content (AvgIpc) is 2.65. The molecule has 1 aromatic carbocycles. The highest BCUT2D eigenvalue weighted by Gasteiger charge is 2.21. The maximum absolute atomic E-state index is 9.33. The number of aliphatic hydroxyl groups is 1. The summed E-state index contributed by atoms with van der Waals surface area (Å²) in [7, 11) is 0. The minimum atomic E-state index is 0.288. The van der Waals surface area contributed by atoms with Crippen molar-refractivity contribution in [3.8, 4) is 5.75 Å². The van der Waals surface area contributed by atoms with Crippen LogP contribution in [-0.4, -0.2) is 34.8 Å². The first kappa shape index (κ1) is 10.5. The summed E-state index contributed by atoms with van der Waals surface area (Å²) in [5.74, 6) is 0.757. The van der Waals surface area contributed by atoms with E-state index in [9.17, 15) is 5.11 Å². The van der Waals surface area contributed by atoms with Crippen molar-refractivity contribution >= 4 is 0 Å². The zero-order chi connectivity index (χ0) is 10.7.